The summed E-state index contributed by atoms with van der Waals surface area (Å²) in [5.74, 6) is 1.15. The van der Waals surface area contributed by atoms with E-state index in [-0.39, 0.29) is 5.69 Å². The summed E-state index contributed by atoms with van der Waals surface area (Å²) in [5.41, 5.74) is 0.720. The maximum absolute atomic E-state index is 10.6. The predicted octanol–water partition coefficient (Wildman–Crippen LogP) is 3.32. The normalized spacial score (nSPS) is 10.4. The summed E-state index contributed by atoms with van der Waals surface area (Å²) in [6, 6.07) is 4.64. The van der Waals surface area contributed by atoms with Crippen LogP contribution < -0.4 is 0 Å². The Bertz CT molecular complexity index is 551. The van der Waals surface area contributed by atoms with Crippen LogP contribution >= 0.6 is 15.9 Å². The molecular weight excluding hydrogens is 276 g/mol. The highest BCUT2D eigenvalue weighted by Crippen LogP contribution is 2.29. The van der Waals surface area contributed by atoms with Gasteiger partial charge in [-0.1, -0.05) is 0 Å². The van der Waals surface area contributed by atoms with Gasteiger partial charge >= 0.3 is 0 Å². The highest BCUT2D eigenvalue weighted by Gasteiger charge is 2.14. The number of rotatable bonds is 2. The van der Waals surface area contributed by atoms with Crippen LogP contribution in [0.3, 0.4) is 0 Å². The summed E-state index contributed by atoms with van der Waals surface area (Å²) in [6.45, 7) is 1.79. The van der Waals surface area contributed by atoms with Crippen LogP contribution in [0.4, 0.5) is 5.69 Å². The third-order valence-corrected chi connectivity index (χ3v) is 2.65. The van der Waals surface area contributed by atoms with Crippen molar-refractivity contribution in [3.05, 3.63) is 44.7 Å². The maximum Gasteiger partial charge on any atom is 0.283 e. The van der Waals surface area contributed by atoms with Crippen LogP contribution in [-0.2, 0) is 0 Å². The minimum atomic E-state index is -0.450. The van der Waals surface area contributed by atoms with E-state index in [4.69, 9.17) is 4.42 Å². The number of aromatic nitrogens is 1. The van der Waals surface area contributed by atoms with E-state index in [9.17, 15) is 10.1 Å². The second-order valence-electron chi connectivity index (χ2n) is 3.20. The van der Waals surface area contributed by atoms with Crippen molar-refractivity contribution in [2.24, 2.45) is 0 Å². The standard InChI is InChI=1S/C10H7BrN2O3/c1-6-5-12-10(16-6)7-2-3-9(13(14)15)8(11)4-7/h2-5H,1H3. The number of hydrogen-bond donors (Lipinski definition) is 0. The van der Waals surface area contributed by atoms with Gasteiger partial charge < -0.3 is 4.42 Å². The van der Waals surface area contributed by atoms with Crippen LogP contribution in [0.25, 0.3) is 11.5 Å². The quantitative estimate of drug-likeness (QED) is 0.626. The molecule has 0 fully saturated rings. The molecule has 82 valence electrons. The average Bonchev–Trinajstić information content (AvgIpc) is 2.64. The average molecular weight is 283 g/mol. The minimum absolute atomic E-state index is 0.0204. The van der Waals surface area contributed by atoms with Gasteiger partial charge in [0.1, 0.15) is 5.76 Å². The van der Waals surface area contributed by atoms with Crippen molar-refractivity contribution in [1.29, 1.82) is 0 Å². The highest BCUT2D eigenvalue weighted by molar-refractivity contribution is 9.10. The number of hydrogen-bond acceptors (Lipinski definition) is 4. The molecule has 0 radical (unpaired) electrons. The molecule has 0 spiro atoms. The predicted molar refractivity (Wildman–Crippen MR) is 61.0 cm³/mol. The van der Waals surface area contributed by atoms with Gasteiger partial charge in [0.2, 0.25) is 5.89 Å². The SMILES string of the molecule is Cc1cnc(-c2ccc([N+](=O)[O-])c(Br)c2)o1. The molecule has 0 unspecified atom stereocenters. The molecule has 0 aliphatic heterocycles. The van der Waals surface area contributed by atoms with Crippen molar-refractivity contribution < 1.29 is 9.34 Å². The van der Waals surface area contributed by atoms with Crippen LogP contribution in [0, 0.1) is 17.0 Å². The van der Waals surface area contributed by atoms with Crippen LogP contribution in [0.15, 0.2) is 33.3 Å². The van der Waals surface area contributed by atoms with Gasteiger partial charge in [0.15, 0.2) is 0 Å². The Labute approximate surface area is 99.4 Å². The summed E-state index contributed by atoms with van der Waals surface area (Å²) >= 11 is 3.14. The zero-order valence-electron chi connectivity index (χ0n) is 8.31. The molecule has 0 saturated heterocycles. The molecule has 0 bridgehead atoms. The Morgan fingerprint density at radius 2 is 2.25 bits per heavy atom. The summed E-state index contributed by atoms with van der Waals surface area (Å²) in [6.07, 6.45) is 1.60. The first-order valence-electron chi connectivity index (χ1n) is 4.44. The highest BCUT2D eigenvalue weighted by atomic mass is 79.9. The van der Waals surface area contributed by atoms with Gasteiger partial charge in [-0.05, 0) is 35.0 Å². The fourth-order valence-electron chi connectivity index (χ4n) is 1.28. The number of nitrogens with zero attached hydrogens (tertiary/aromatic N) is 2. The number of nitro benzene ring substituents is 1. The second kappa shape index (κ2) is 4.05. The first-order valence-corrected chi connectivity index (χ1v) is 5.24. The Hall–Kier alpha value is -1.69. The molecule has 0 aliphatic carbocycles. The van der Waals surface area contributed by atoms with Gasteiger partial charge in [-0.2, -0.15) is 0 Å². The van der Waals surface area contributed by atoms with Crippen LogP contribution in [-0.4, -0.2) is 9.91 Å². The number of benzene rings is 1. The lowest BCUT2D eigenvalue weighted by atomic mass is 10.2. The van der Waals surface area contributed by atoms with E-state index in [1.54, 1.807) is 25.3 Å². The fourth-order valence-corrected chi connectivity index (χ4v) is 1.80. The molecule has 2 rings (SSSR count). The van der Waals surface area contributed by atoms with Crippen molar-refractivity contribution in [2.45, 2.75) is 6.92 Å². The zero-order valence-corrected chi connectivity index (χ0v) is 9.89. The summed E-state index contributed by atoms with van der Waals surface area (Å²) in [7, 11) is 0. The van der Waals surface area contributed by atoms with Gasteiger partial charge in [-0.25, -0.2) is 4.98 Å². The molecular formula is C10H7BrN2O3. The van der Waals surface area contributed by atoms with Crippen molar-refractivity contribution in [3.63, 3.8) is 0 Å². The lowest BCUT2D eigenvalue weighted by Crippen LogP contribution is -1.89. The Kier molecular flexibility index (Phi) is 2.74. The van der Waals surface area contributed by atoms with E-state index >= 15 is 0 Å². The van der Waals surface area contributed by atoms with Gasteiger partial charge in [0, 0.05) is 11.6 Å². The Balaban J connectivity index is 2.45. The summed E-state index contributed by atoms with van der Waals surface area (Å²) in [5, 5.41) is 10.6. The molecule has 0 N–H and O–H groups in total. The van der Waals surface area contributed by atoms with E-state index in [1.165, 1.54) is 6.07 Å². The molecule has 0 amide bonds. The van der Waals surface area contributed by atoms with Crippen molar-refractivity contribution >= 4 is 21.6 Å². The molecule has 5 nitrogen and oxygen atoms in total. The molecule has 6 heteroatoms. The number of oxazole rings is 1. The first-order chi connectivity index (χ1) is 7.58. The van der Waals surface area contributed by atoms with Gasteiger partial charge in [-0.3, -0.25) is 10.1 Å². The number of nitro groups is 1. The minimum Gasteiger partial charge on any atom is -0.441 e. The van der Waals surface area contributed by atoms with Crippen molar-refractivity contribution in [1.82, 2.24) is 4.98 Å². The molecule has 1 heterocycles. The van der Waals surface area contributed by atoms with Crippen LogP contribution in [0.2, 0.25) is 0 Å². The first kappa shape index (κ1) is 10.8. The van der Waals surface area contributed by atoms with Gasteiger partial charge in [-0.15, -0.1) is 0 Å². The van der Waals surface area contributed by atoms with E-state index < -0.39 is 4.92 Å². The fraction of sp³-hybridized carbons (Fsp3) is 0.100. The molecule has 1 aromatic carbocycles. The monoisotopic (exact) mass is 282 g/mol. The molecule has 16 heavy (non-hydrogen) atoms. The van der Waals surface area contributed by atoms with Gasteiger partial charge in [0.25, 0.3) is 5.69 Å². The van der Waals surface area contributed by atoms with Crippen molar-refractivity contribution in [2.75, 3.05) is 0 Å². The third kappa shape index (κ3) is 1.96. The molecule has 1 aromatic heterocycles. The maximum atomic E-state index is 10.6. The molecule has 0 saturated carbocycles. The summed E-state index contributed by atoms with van der Waals surface area (Å²) in [4.78, 5) is 14.2. The number of halogens is 1. The lowest BCUT2D eigenvalue weighted by Gasteiger charge is -1.98. The van der Waals surface area contributed by atoms with E-state index in [0.717, 1.165) is 0 Å². The molecule has 0 aliphatic rings. The third-order valence-electron chi connectivity index (χ3n) is 2.01. The summed E-state index contributed by atoms with van der Waals surface area (Å²) < 4.78 is 5.73. The Morgan fingerprint density at radius 1 is 1.50 bits per heavy atom. The lowest BCUT2D eigenvalue weighted by molar-refractivity contribution is -0.385. The Morgan fingerprint density at radius 3 is 2.75 bits per heavy atom. The molecule has 0 atom stereocenters. The van der Waals surface area contributed by atoms with Crippen molar-refractivity contribution in [3.8, 4) is 11.5 Å². The topological polar surface area (TPSA) is 69.2 Å². The second-order valence-corrected chi connectivity index (χ2v) is 4.05. The van der Waals surface area contributed by atoms with E-state index in [1.807, 2.05) is 0 Å². The number of aryl methyl sites for hydroxylation is 1. The van der Waals surface area contributed by atoms with E-state index in [2.05, 4.69) is 20.9 Å². The largest absolute Gasteiger partial charge is 0.441 e. The van der Waals surface area contributed by atoms with Gasteiger partial charge in [0.05, 0.1) is 15.6 Å². The van der Waals surface area contributed by atoms with Crippen LogP contribution in [0.1, 0.15) is 5.76 Å². The van der Waals surface area contributed by atoms with Crippen LogP contribution in [0.5, 0.6) is 0 Å². The zero-order chi connectivity index (χ0) is 11.7. The smallest absolute Gasteiger partial charge is 0.283 e. The van der Waals surface area contributed by atoms with E-state index in [0.29, 0.717) is 21.7 Å². The molecule has 2 aromatic rings.